The van der Waals surface area contributed by atoms with E-state index in [0.29, 0.717) is 12.8 Å². The normalized spacial score (nSPS) is 12.8. The third kappa shape index (κ3) is 2.47. The Hall–Kier alpha value is -1.06. The van der Waals surface area contributed by atoms with Crippen LogP contribution in [0.3, 0.4) is 0 Å². The van der Waals surface area contributed by atoms with Gasteiger partial charge in [0.15, 0.2) is 0 Å². The minimum absolute atomic E-state index is 0.139. The molecule has 4 N–H and O–H groups in total. The number of hydrogen-bond acceptors (Lipinski definition) is 3. The summed E-state index contributed by atoms with van der Waals surface area (Å²) in [4.78, 5) is 0. The number of rotatable bonds is 4. The van der Waals surface area contributed by atoms with Gasteiger partial charge in [0.1, 0.15) is 5.75 Å². The molecular weight excluding hydrogens is 178 g/mol. The van der Waals surface area contributed by atoms with E-state index in [0.717, 1.165) is 11.1 Å². The fraction of sp³-hybridized carbons (Fsp3) is 0.455. The fourth-order valence-corrected chi connectivity index (χ4v) is 1.45. The Kier molecular flexibility index (Phi) is 3.92. The molecule has 0 amide bonds. The van der Waals surface area contributed by atoms with Crippen molar-refractivity contribution < 1.29 is 10.2 Å². The maximum absolute atomic E-state index is 9.72. The Labute approximate surface area is 84.2 Å². The minimum atomic E-state index is -0.193. The van der Waals surface area contributed by atoms with Gasteiger partial charge in [-0.2, -0.15) is 0 Å². The Balaban J connectivity index is 2.79. The van der Waals surface area contributed by atoms with Crippen molar-refractivity contribution in [3.63, 3.8) is 0 Å². The molecule has 0 unspecified atom stereocenters. The molecule has 0 aromatic heterocycles. The predicted molar refractivity (Wildman–Crippen MR) is 56.1 cm³/mol. The second-order valence-electron chi connectivity index (χ2n) is 3.49. The van der Waals surface area contributed by atoms with Gasteiger partial charge >= 0.3 is 0 Å². The standard InChI is InChI=1S/C11H17NO2/c1-8-4-2-5-9(11(8)14)10(12)6-3-7-13/h2,4-5,10,13-14H,3,6-7,12H2,1H3/t10-/m1/s1. The van der Waals surface area contributed by atoms with Gasteiger partial charge in [0, 0.05) is 18.2 Å². The molecule has 3 heteroatoms. The smallest absolute Gasteiger partial charge is 0.123 e. The number of phenolic OH excluding ortho intramolecular Hbond substituents is 1. The van der Waals surface area contributed by atoms with Crippen molar-refractivity contribution in [2.75, 3.05) is 6.61 Å². The summed E-state index contributed by atoms with van der Waals surface area (Å²) in [6.45, 7) is 1.98. The van der Waals surface area contributed by atoms with E-state index in [2.05, 4.69) is 0 Å². The summed E-state index contributed by atoms with van der Waals surface area (Å²) in [6, 6.07) is 5.35. The molecule has 0 spiro atoms. The summed E-state index contributed by atoms with van der Waals surface area (Å²) in [5.74, 6) is 0.276. The molecule has 0 heterocycles. The Morgan fingerprint density at radius 1 is 1.43 bits per heavy atom. The van der Waals surface area contributed by atoms with Crippen LogP contribution in [0.15, 0.2) is 18.2 Å². The molecular formula is C11H17NO2. The molecule has 0 fully saturated rings. The van der Waals surface area contributed by atoms with Crippen molar-refractivity contribution in [2.24, 2.45) is 5.73 Å². The number of aryl methyl sites for hydroxylation is 1. The van der Waals surface area contributed by atoms with Crippen LogP contribution >= 0.6 is 0 Å². The van der Waals surface area contributed by atoms with Gasteiger partial charge in [-0.05, 0) is 25.3 Å². The molecule has 1 atom stereocenters. The number of hydrogen-bond donors (Lipinski definition) is 3. The number of benzene rings is 1. The molecule has 0 radical (unpaired) electrons. The molecule has 78 valence electrons. The first-order valence-corrected chi connectivity index (χ1v) is 4.81. The number of nitrogens with two attached hydrogens (primary N) is 1. The van der Waals surface area contributed by atoms with E-state index < -0.39 is 0 Å². The van der Waals surface area contributed by atoms with Gasteiger partial charge in [0.05, 0.1) is 0 Å². The second-order valence-corrected chi connectivity index (χ2v) is 3.49. The lowest BCUT2D eigenvalue weighted by atomic mass is 10.00. The van der Waals surface area contributed by atoms with Crippen LogP contribution in [0.25, 0.3) is 0 Å². The van der Waals surface area contributed by atoms with Crippen LogP contribution in [0, 0.1) is 6.92 Å². The Bertz CT molecular complexity index is 299. The molecule has 1 rings (SSSR count). The maximum Gasteiger partial charge on any atom is 0.123 e. The molecule has 1 aromatic rings. The van der Waals surface area contributed by atoms with Crippen LogP contribution in [0.5, 0.6) is 5.75 Å². The molecule has 0 aliphatic carbocycles. The molecule has 3 nitrogen and oxygen atoms in total. The highest BCUT2D eigenvalue weighted by atomic mass is 16.3. The SMILES string of the molecule is Cc1cccc([C@H](N)CCCO)c1O. The predicted octanol–water partition coefficient (Wildman–Crippen LogP) is 1.47. The third-order valence-electron chi connectivity index (χ3n) is 2.34. The van der Waals surface area contributed by atoms with E-state index in [-0.39, 0.29) is 18.4 Å². The Morgan fingerprint density at radius 2 is 2.14 bits per heavy atom. The maximum atomic E-state index is 9.72. The van der Waals surface area contributed by atoms with Crippen molar-refractivity contribution in [1.29, 1.82) is 0 Å². The summed E-state index contributed by atoms with van der Waals surface area (Å²) >= 11 is 0. The van der Waals surface area contributed by atoms with Crippen molar-refractivity contribution in [2.45, 2.75) is 25.8 Å². The summed E-state index contributed by atoms with van der Waals surface area (Å²) < 4.78 is 0. The zero-order chi connectivity index (χ0) is 10.6. The van der Waals surface area contributed by atoms with E-state index in [1.165, 1.54) is 0 Å². The highest BCUT2D eigenvalue weighted by molar-refractivity contribution is 5.41. The number of aliphatic hydroxyl groups excluding tert-OH is 1. The highest BCUT2D eigenvalue weighted by Gasteiger charge is 2.11. The highest BCUT2D eigenvalue weighted by Crippen LogP contribution is 2.28. The second kappa shape index (κ2) is 4.98. The molecule has 14 heavy (non-hydrogen) atoms. The van der Waals surface area contributed by atoms with Crippen LogP contribution in [-0.2, 0) is 0 Å². The number of aliphatic hydroxyl groups is 1. The molecule has 1 aromatic carbocycles. The summed E-state index contributed by atoms with van der Waals surface area (Å²) in [7, 11) is 0. The lowest BCUT2D eigenvalue weighted by Gasteiger charge is -2.14. The van der Waals surface area contributed by atoms with Crippen LogP contribution in [0.4, 0.5) is 0 Å². The van der Waals surface area contributed by atoms with Crippen molar-refractivity contribution >= 4 is 0 Å². The van der Waals surface area contributed by atoms with E-state index in [1.807, 2.05) is 25.1 Å². The molecule has 0 aliphatic rings. The lowest BCUT2D eigenvalue weighted by molar-refractivity contribution is 0.279. The Morgan fingerprint density at radius 3 is 2.79 bits per heavy atom. The summed E-state index contributed by atoms with van der Waals surface area (Å²) in [6.07, 6.45) is 1.35. The van der Waals surface area contributed by atoms with Crippen molar-refractivity contribution in [3.05, 3.63) is 29.3 Å². The summed E-state index contributed by atoms with van der Waals surface area (Å²) in [5.41, 5.74) is 7.48. The van der Waals surface area contributed by atoms with E-state index in [9.17, 15) is 5.11 Å². The van der Waals surface area contributed by atoms with Gasteiger partial charge in [-0.25, -0.2) is 0 Å². The average molecular weight is 195 g/mol. The largest absolute Gasteiger partial charge is 0.507 e. The van der Waals surface area contributed by atoms with E-state index in [4.69, 9.17) is 10.8 Å². The molecule has 0 saturated carbocycles. The number of phenols is 1. The van der Waals surface area contributed by atoms with Crippen LogP contribution in [0.1, 0.15) is 30.0 Å². The average Bonchev–Trinajstić information content (AvgIpc) is 2.18. The molecule has 0 aliphatic heterocycles. The zero-order valence-corrected chi connectivity index (χ0v) is 8.40. The van der Waals surface area contributed by atoms with Gasteiger partial charge in [0.2, 0.25) is 0 Å². The number of para-hydroxylation sites is 1. The van der Waals surface area contributed by atoms with Gasteiger partial charge in [0.25, 0.3) is 0 Å². The first kappa shape index (κ1) is 11.0. The quantitative estimate of drug-likeness (QED) is 0.681. The van der Waals surface area contributed by atoms with E-state index >= 15 is 0 Å². The lowest BCUT2D eigenvalue weighted by Crippen LogP contribution is -2.11. The van der Waals surface area contributed by atoms with Crippen molar-refractivity contribution in [1.82, 2.24) is 0 Å². The fourth-order valence-electron chi connectivity index (χ4n) is 1.45. The van der Waals surface area contributed by atoms with Crippen LogP contribution in [-0.4, -0.2) is 16.8 Å². The topological polar surface area (TPSA) is 66.5 Å². The third-order valence-corrected chi connectivity index (χ3v) is 2.34. The van der Waals surface area contributed by atoms with Crippen molar-refractivity contribution in [3.8, 4) is 5.75 Å². The summed E-state index contributed by atoms with van der Waals surface area (Å²) in [5, 5.41) is 18.4. The molecule has 0 bridgehead atoms. The van der Waals surface area contributed by atoms with Gasteiger partial charge in [-0.3, -0.25) is 0 Å². The first-order valence-electron chi connectivity index (χ1n) is 4.81. The van der Waals surface area contributed by atoms with Crippen LogP contribution < -0.4 is 5.73 Å². The van der Waals surface area contributed by atoms with Gasteiger partial charge in [-0.1, -0.05) is 18.2 Å². The molecule has 0 saturated heterocycles. The zero-order valence-electron chi connectivity index (χ0n) is 8.40. The minimum Gasteiger partial charge on any atom is -0.507 e. The van der Waals surface area contributed by atoms with Gasteiger partial charge < -0.3 is 15.9 Å². The van der Waals surface area contributed by atoms with Crippen LogP contribution in [0.2, 0.25) is 0 Å². The van der Waals surface area contributed by atoms with E-state index in [1.54, 1.807) is 0 Å². The number of aromatic hydroxyl groups is 1. The monoisotopic (exact) mass is 195 g/mol. The first-order chi connectivity index (χ1) is 6.66. The van der Waals surface area contributed by atoms with Gasteiger partial charge in [-0.15, -0.1) is 0 Å².